The van der Waals surface area contributed by atoms with Crippen molar-refractivity contribution < 1.29 is 105 Å². The third kappa shape index (κ3) is 35.7. The minimum Gasteiger partial charge on any atom is -0.464 e. The molecule has 0 saturated heterocycles. The number of carbonyl (C=O) groups is 7. The van der Waals surface area contributed by atoms with E-state index in [0.29, 0.717) is 0 Å². The van der Waals surface area contributed by atoms with Crippen LogP contribution in [0.3, 0.4) is 0 Å². The summed E-state index contributed by atoms with van der Waals surface area (Å²) in [4.78, 5) is 102. The van der Waals surface area contributed by atoms with Gasteiger partial charge in [-0.05, 0) is 235 Å². The van der Waals surface area contributed by atoms with Crippen LogP contribution < -0.4 is 0 Å². The summed E-state index contributed by atoms with van der Waals surface area (Å²) in [5.41, 5.74) is -18.3. The predicted octanol–water partition coefficient (Wildman–Crippen LogP) is 12.2. The van der Waals surface area contributed by atoms with Gasteiger partial charge in [-0.15, -0.1) is 0 Å². The number of rotatable bonds is 35. The molecule has 0 radical (unpaired) electrons. The summed E-state index contributed by atoms with van der Waals surface area (Å²) in [5, 5.41) is 0. The number of carbonyl (C=O) groups excluding carboxylic acids is 7. The molecule has 0 unspecified atom stereocenters. The lowest BCUT2D eigenvalue weighted by Crippen LogP contribution is -2.50. The standard InChI is InChI=1S/C71H130O22/c1-56(2,3)85-41-68(31,42-86-57(4,5)6)51(74)79-35-65(28,36-80-52(75)69(32,43-87-58(7,8)9)44-88-59(10,11)12)49(72)83-39-67(30,55(78)93-64(25,26)27)40-84-50(73)66(29,37-81-53(76)70(33,45-89-60(13,14)15)46-90-61(16,17)18)38-82-54(77)71(34,47-91-62(19,20)21)48-92-63(22,23)24/h35-48H2,1-34H3. The quantitative estimate of drug-likeness (QED) is 0.0422. The van der Waals surface area contributed by atoms with Gasteiger partial charge in [0.2, 0.25) is 0 Å². The number of ether oxygens (including phenoxy) is 15. The maximum atomic E-state index is 15.0. The zero-order valence-electron chi connectivity index (χ0n) is 64.4. The first kappa shape index (κ1) is 89.0. The molecule has 0 fully saturated rings. The van der Waals surface area contributed by atoms with Crippen LogP contribution in [0.1, 0.15) is 235 Å². The minimum atomic E-state index is -2.03. The molecule has 0 aromatic heterocycles. The highest BCUT2D eigenvalue weighted by Gasteiger charge is 2.50. The molecule has 0 atom stereocenters. The van der Waals surface area contributed by atoms with Crippen molar-refractivity contribution in [2.24, 2.45) is 37.9 Å². The molecule has 0 aliphatic heterocycles. The average Bonchev–Trinajstić information content (AvgIpc) is 0.831. The molecular weight excluding hydrogens is 1200 g/mol. The number of hydrogen-bond donors (Lipinski definition) is 0. The average molecular weight is 1340 g/mol. The lowest BCUT2D eigenvalue weighted by atomic mass is 9.89. The lowest BCUT2D eigenvalue weighted by Gasteiger charge is -2.37. The van der Waals surface area contributed by atoms with E-state index in [1.165, 1.54) is 20.8 Å². The van der Waals surface area contributed by atoms with E-state index in [9.17, 15) is 24.0 Å². The minimum absolute atomic E-state index is 0.144. The maximum Gasteiger partial charge on any atom is 0.319 e. The van der Waals surface area contributed by atoms with Crippen molar-refractivity contribution in [3.05, 3.63) is 0 Å². The Morgan fingerprint density at radius 3 is 0.376 bits per heavy atom. The molecule has 0 aliphatic carbocycles. The Morgan fingerprint density at radius 1 is 0.161 bits per heavy atom. The van der Waals surface area contributed by atoms with Crippen LogP contribution in [0.5, 0.6) is 0 Å². The summed E-state index contributed by atoms with van der Waals surface area (Å²) in [7, 11) is 0. The molecule has 0 aromatic rings. The largest absolute Gasteiger partial charge is 0.464 e. The van der Waals surface area contributed by atoms with Crippen LogP contribution in [0.15, 0.2) is 0 Å². The zero-order valence-corrected chi connectivity index (χ0v) is 64.4. The summed E-state index contributed by atoms with van der Waals surface area (Å²) in [6.45, 7) is 53.5. The van der Waals surface area contributed by atoms with Crippen LogP contribution in [0.25, 0.3) is 0 Å². The van der Waals surface area contributed by atoms with Crippen LogP contribution in [-0.2, 0) is 105 Å². The van der Waals surface area contributed by atoms with Gasteiger partial charge in [0, 0.05) is 0 Å². The lowest BCUT2D eigenvalue weighted by molar-refractivity contribution is -0.190. The Balaban J connectivity index is 8.04. The van der Waals surface area contributed by atoms with E-state index in [1.54, 1.807) is 48.5 Å². The Labute approximate surface area is 560 Å². The van der Waals surface area contributed by atoms with Crippen LogP contribution in [0.2, 0.25) is 0 Å². The van der Waals surface area contributed by atoms with Crippen molar-refractivity contribution in [3.8, 4) is 0 Å². The summed E-state index contributed by atoms with van der Waals surface area (Å²) in [6.07, 6.45) is 0. The Morgan fingerprint density at radius 2 is 0.269 bits per heavy atom. The molecule has 22 nitrogen and oxygen atoms in total. The summed E-state index contributed by atoms with van der Waals surface area (Å²) < 4.78 is 90.9. The van der Waals surface area contributed by atoms with Crippen LogP contribution >= 0.6 is 0 Å². The molecule has 0 N–H and O–H groups in total. The molecular formula is C71H130O22. The fourth-order valence-electron chi connectivity index (χ4n) is 6.92. The molecule has 0 saturated carbocycles. The smallest absolute Gasteiger partial charge is 0.319 e. The third-order valence-corrected chi connectivity index (χ3v) is 13.6. The Kier molecular flexibility index (Phi) is 31.6. The second-order valence-corrected chi connectivity index (χ2v) is 36.1. The van der Waals surface area contributed by atoms with Crippen LogP contribution in [0.4, 0.5) is 0 Å². The molecule has 546 valence electrons. The van der Waals surface area contributed by atoms with Crippen LogP contribution in [0, 0.1) is 37.9 Å². The second-order valence-electron chi connectivity index (χ2n) is 36.1. The fourth-order valence-corrected chi connectivity index (χ4v) is 6.92. The fraction of sp³-hybridized carbons (Fsp3) is 0.901. The van der Waals surface area contributed by atoms with Crippen molar-refractivity contribution in [2.45, 2.75) is 286 Å². The van der Waals surface area contributed by atoms with E-state index in [-0.39, 0.29) is 52.9 Å². The SMILES string of the molecule is CC(C)(C)OCC(C)(COC(C)(C)C)C(=O)OCC(C)(COC(=O)C(C)(COC(C)(C)C)COC(C)(C)C)C(=O)OCC(C)(COC(=O)C(C)(COC(=O)C(C)(COC(C)(C)C)COC(C)(C)C)COC(=O)C(C)(COC(C)(C)C)COC(C)(C)C)C(=O)OC(C)(C)C. The predicted molar refractivity (Wildman–Crippen MR) is 354 cm³/mol. The van der Waals surface area contributed by atoms with Crippen molar-refractivity contribution in [1.29, 1.82) is 0 Å². The molecule has 0 bridgehead atoms. The summed E-state index contributed by atoms with van der Waals surface area (Å²) in [6, 6.07) is 0. The Hall–Kier alpha value is -4.03. The highest BCUT2D eigenvalue weighted by atomic mass is 16.6. The molecule has 22 heteroatoms. The van der Waals surface area contributed by atoms with Gasteiger partial charge in [-0.1, -0.05) is 0 Å². The van der Waals surface area contributed by atoms with Gasteiger partial charge in [-0.2, -0.15) is 0 Å². The highest BCUT2D eigenvalue weighted by molar-refractivity contribution is 5.84. The van der Waals surface area contributed by atoms with Crippen molar-refractivity contribution in [2.75, 3.05) is 92.5 Å². The first-order valence-corrected chi connectivity index (χ1v) is 32.4. The Bertz CT molecular complexity index is 2070. The molecule has 0 spiro atoms. The van der Waals surface area contributed by atoms with Gasteiger partial charge in [0.25, 0.3) is 0 Å². The van der Waals surface area contributed by atoms with E-state index in [4.69, 9.17) is 71.1 Å². The van der Waals surface area contributed by atoms with Crippen molar-refractivity contribution in [1.82, 2.24) is 0 Å². The van der Waals surface area contributed by atoms with E-state index >= 15 is 9.59 Å². The van der Waals surface area contributed by atoms with Gasteiger partial charge in [0.05, 0.1) is 97.7 Å². The third-order valence-electron chi connectivity index (χ3n) is 13.6. The highest BCUT2D eigenvalue weighted by Crippen LogP contribution is 2.35. The first-order valence-electron chi connectivity index (χ1n) is 32.4. The molecule has 0 heterocycles. The van der Waals surface area contributed by atoms with Gasteiger partial charge < -0.3 is 71.1 Å². The van der Waals surface area contributed by atoms with Gasteiger partial charge in [-0.3, -0.25) is 33.6 Å². The normalized spacial score (nSPS) is 14.3. The van der Waals surface area contributed by atoms with Gasteiger partial charge in [0.15, 0.2) is 0 Å². The van der Waals surface area contributed by atoms with Gasteiger partial charge in [-0.25, -0.2) is 0 Å². The van der Waals surface area contributed by atoms with Crippen molar-refractivity contribution >= 4 is 41.8 Å². The van der Waals surface area contributed by atoms with Gasteiger partial charge >= 0.3 is 41.8 Å². The number of hydrogen-bond acceptors (Lipinski definition) is 22. The molecule has 93 heavy (non-hydrogen) atoms. The molecule has 0 rings (SSSR count). The van der Waals surface area contributed by atoms with Gasteiger partial charge in [0.1, 0.15) is 83.1 Å². The second kappa shape index (κ2) is 33.0. The molecule has 0 aromatic carbocycles. The first-order chi connectivity index (χ1) is 41.1. The van der Waals surface area contributed by atoms with Crippen molar-refractivity contribution in [3.63, 3.8) is 0 Å². The number of esters is 7. The van der Waals surface area contributed by atoms with E-state index in [0.717, 1.165) is 0 Å². The van der Waals surface area contributed by atoms with E-state index < -0.39 is 170 Å². The van der Waals surface area contributed by atoms with E-state index in [2.05, 4.69) is 0 Å². The summed E-state index contributed by atoms with van der Waals surface area (Å²) in [5.74, 6) is -6.42. The van der Waals surface area contributed by atoms with E-state index in [1.807, 2.05) is 166 Å². The topological polar surface area (TPSA) is 258 Å². The summed E-state index contributed by atoms with van der Waals surface area (Å²) >= 11 is 0. The maximum absolute atomic E-state index is 15.0. The monoisotopic (exact) mass is 1330 g/mol. The molecule has 0 amide bonds. The zero-order chi connectivity index (χ0) is 73.5. The molecule has 0 aliphatic rings. The van der Waals surface area contributed by atoms with Crippen LogP contribution in [-0.4, -0.2) is 185 Å².